The Bertz CT molecular complexity index is 617. The molecule has 0 bridgehead atoms. The lowest BCUT2D eigenvalue weighted by atomic mass is 10.1. The summed E-state index contributed by atoms with van der Waals surface area (Å²) in [6.07, 6.45) is 1.21. The molecule has 0 fully saturated rings. The van der Waals surface area contributed by atoms with Gasteiger partial charge in [0, 0.05) is 6.54 Å². The van der Waals surface area contributed by atoms with Gasteiger partial charge in [-0.1, -0.05) is 32.9 Å². The summed E-state index contributed by atoms with van der Waals surface area (Å²) in [5, 5.41) is 2.71. The molecule has 0 saturated carbocycles. The number of anilines is 1. The summed E-state index contributed by atoms with van der Waals surface area (Å²) >= 11 is 0. The van der Waals surface area contributed by atoms with Crippen LogP contribution in [0.3, 0.4) is 0 Å². The van der Waals surface area contributed by atoms with Crippen molar-refractivity contribution < 1.29 is 17.6 Å². The first kappa shape index (κ1) is 18.4. The van der Waals surface area contributed by atoms with Crippen LogP contribution >= 0.6 is 0 Å². The van der Waals surface area contributed by atoms with Crippen molar-refractivity contribution in [3.63, 3.8) is 0 Å². The third-order valence-corrected chi connectivity index (χ3v) is 4.27. The second-order valence-corrected chi connectivity index (χ2v) is 7.43. The predicted octanol–water partition coefficient (Wildman–Crippen LogP) is 2.14. The number of carbonyl (C=O) groups excluding carboxylic acids is 1. The largest absolute Gasteiger partial charge is 0.354 e. The lowest BCUT2D eigenvalue weighted by Gasteiger charge is -2.30. The van der Waals surface area contributed by atoms with Crippen LogP contribution in [0.1, 0.15) is 27.2 Å². The fraction of sp³-hybridized carbons (Fsp3) is 0.533. The first-order valence-corrected chi connectivity index (χ1v) is 9.05. The van der Waals surface area contributed by atoms with Gasteiger partial charge in [0.15, 0.2) is 0 Å². The molecule has 7 heteroatoms. The Hall–Kier alpha value is -1.63. The number of hydrogen-bond donors (Lipinski definition) is 1. The molecule has 0 saturated heterocycles. The van der Waals surface area contributed by atoms with Gasteiger partial charge in [0.1, 0.15) is 11.9 Å². The van der Waals surface area contributed by atoms with Crippen LogP contribution in [0.5, 0.6) is 0 Å². The number of rotatable bonds is 7. The number of amides is 1. The fourth-order valence-electron chi connectivity index (χ4n) is 2.09. The molecule has 0 heterocycles. The quantitative estimate of drug-likeness (QED) is 0.833. The van der Waals surface area contributed by atoms with Gasteiger partial charge < -0.3 is 5.32 Å². The van der Waals surface area contributed by atoms with Crippen molar-refractivity contribution in [2.24, 2.45) is 5.92 Å². The zero-order chi connectivity index (χ0) is 16.9. The second-order valence-electron chi connectivity index (χ2n) is 5.57. The summed E-state index contributed by atoms with van der Waals surface area (Å²) in [5.41, 5.74) is -0.114. The van der Waals surface area contributed by atoms with Gasteiger partial charge in [0.05, 0.1) is 11.9 Å². The van der Waals surface area contributed by atoms with Gasteiger partial charge >= 0.3 is 0 Å². The standard InChI is InChI=1S/C15H23FN2O3S/c1-5-13(15(19)17-10-11(2)3)18(22(4,20)21)14-9-7-6-8-12(14)16/h6-9,11,13H,5,10H2,1-4H3,(H,17,19). The van der Waals surface area contributed by atoms with E-state index in [1.165, 1.54) is 24.3 Å². The molecule has 1 N–H and O–H groups in total. The van der Waals surface area contributed by atoms with E-state index in [-0.39, 0.29) is 18.0 Å². The van der Waals surface area contributed by atoms with Gasteiger partial charge in [0.2, 0.25) is 15.9 Å². The molecule has 1 atom stereocenters. The summed E-state index contributed by atoms with van der Waals surface area (Å²) in [5.74, 6) is -0.866. The molecule has 1 aromatic rings. The molecule has 1 aromatic carbocycles. The first-order chi connectivity index (χ1) is 10.2. The topological polar surface area (TPSA) is 66.5 Å². The average Bonchev–Trinajstić information content (AvgIpc) is 2.42. The van der Waals surface area contributed by atoms with E-state index in [1.54, 1.807) is 6.92 Å². The monoisotopic (exact) mass is 330 g/mol. The number of sulfonamides is 1. The third kappa shape index (κ3) is 4.69. The van der Waals surface area contributed by atoms with Crippen molar-refractivity contribution in [2.75, 3.05) is 17.1 Å². The molecular weight excluding hydrogens is 307 g/mol. The van der Waals surface area contributed by atoms with E-state index in [9.17, 15) is 17.6 Å². The van der Waals surface area contributed by atoms with Crippen molar-refractivity contribution in [3.8, 4) is 0 Å². The summed E-state index contributed by atoms with van der Waals surface area (Å²) in [7, 11) is -3.80. The van der Waals surface area contributed by atoms with Crippen molar-refractivity contribution in [2.45, 2.75) is 33.2 Å². The van der Waals surface area contributed by atoms with Gasteiger partial charge in [-0.25, -0.2) is 12.8 Å². The highest BCUT2D eigenvalue weighted by Gasteiger charge is 2.32. The molecule has 1 amide bonds. The van der Waals surface area contributed by atoms with Crippen LogP contribution in [0.4, 0.5) is 10.1 Å². The lowest BCUT2D eigenvalue weighted by Crippen LogP contribution is -2.50. The normalized spacial score (nSPS) is 13.0. The summed E-state index contributed by atoms with van der Waals surface area (Å²) in [6.45, 7) is 6.00. The Kier molecular flexibility index (Phi) is 6.34. The maximum absolute atomic E-state index is 14.0. The Balaban J connectivity index is 3.21. The van der Waals surface area contributed by atoms with Crippen LogP contribution in [0, 0.1) is 11.7 Å². The first-order valence-electron chi connectivity index (χ1n) is 7.20. The van der Waals surface area contributed by atoms with Crippen LogP contribution < -0.4 is 9.62 Å². The zero-order valence-corrected chi connectivity index (χ0v) is 14.2. The Morgan fingerprint density at radius 1 is 1.32 bits per heavy atom. The van der Waals surface area contributed by atoms with Gasteiger partial charge in [-0.3, -0.25) is 9.10 Å². The summed E-state index contributed by atoms with van der Waals surface area (Å²) in [6, 6.07) is 4.56. The van der Waals surface area contributed by atoms with E-state index in [4.69, 9.17) is 0 Å². The van der Waals surface area contributed by atoms with E-state index in [0.29, 0.717) is 6.54 Å². The maximum atomic E-state index is 14.0. The summed E-state index contributed by atoms with van der Waals surface area (Å²) < 4.78 is 39.1. The number of benzene rings is 1. The molecule has 0 aromatic heterocycles. The maximum Gasteiger partial charge on any atom is 0.243 e. The number of carbonyl (C=O) groups is 1. The second kappa shape index (κ2) is 7.58. The smallest absolute Gasteiger partial charge is 0.243 e. The molecule has 5 nitrogen and oxygen atoms in total. The Morgan fingerprint density at radius 2 is 1.91 bits per heavy atom. The molecule has 0 aliphatic heterocycles. The molecule has 22 heavy (non-hydrogen) atoms. The highest BCUT2D eigenvalue weighted by molar-refractivity contribution is 7.92. The highest BCUT2D eigenvalue weighted by Crippen LogP contribution is 2.25. The minimum absolute atomic E-state index is 0.114. The number of hydrogen-bond acceptors (Lipinski definition) is 3. The molecular formula is C15H23FN2O3S. The minimum atomic E-state index is -3.80. The highest BCUT2D eigenvalue weighted by atomic mass is 32.2. The van der Waals surface area contributed by atoms with E-state index in [0.717, 1.165) is 10.6 Å². The average molecular weight is 330 g/mol. The SMILES string of the molecule is CCC(C(=O)NCC(C)C)N(c1ccccc1F)S(C)(=O)=O. The van der Waals surface area contributed by atoms with E-state index >= 15 is 0 Å². The molecule has 1 unspecified atom stereocenters. The minimum Gasteiger partial charge on any atom is -0.354 e. The van der Waals surface area contributed by atoms with Gasteiger partial charge in [0.25, 0.3) is 0 Å². The van der Waals surface area contributed by atoms with Crippen LogP contribution in [0.25, 0.3) is 0 Å². The molecule has 0 spiro atoms. The van der Waals surface area contributed by atoms with Gasteiger partial charge in [-0.15, -0.1) is 0 Å². The van der Waals surface area contributed by atoms with E-state index in [1.807, 2.05) is 13.8 Å². The van der Waals surface area contributed by atoms with Crippen LogP contribution in [-0.2, 0) is 14.8 Å². The number of halogens is 1. The lowest BCUT2D eigenvalue weighted by molar-refractivity contribution is -0.122. The zero-order valence-electron chi connectivity index (χ0n) is 13.3. The van der Waals surface area contributed by atoms with E-state index in [2.05, 4.69) is 5.32 Å². The van der Waals surface area contributed by atoms with Crippen molar-refractivity contribution in [1.29, 1.82) is 0 Å². The number of nitrogens with one attached hydrogen (secondary N) is 1. The Morgan fingerprint density at radius 3 is 2.36 bits per heavy atom. The van der Waals surface area contributed by atoms with Gasteiger partial charge in [-0.05, 0) is 24.5 Å². The number of nitrogens with zero attached hydrogens (tertiary/aromatic N) is 1. The molecule has 124 valence electrons. The van der Waals surface area contributed by atoms with E-state index < -0.39 is 27.8 Å². The van der Waals surface area contributed by atoms with Crippen molar-refractivity contribution >= 4 is 21.6 Å². The Labute approximate surface area is 131 Å². The number of para-hydroxylation sites is 1. The van der Waals surface area contributed by atoms with Crippen molar-refractivity contribution in [3.05, 3.63) is 30.1 Å². The van der Waals surface area contributed by atoms with Crippen molar-refractivity contribution in [1.82, 2.24) is 5.32 Å². The predicted molar refractivity (Wildman–Crippen MR) is 85.6 cm³/mol. The fourth-order valence-corrected chi connectivity index (χ4v) is 3.30. The molecule has 1 rings (SSSR count). The third-order valence-electron chi connectivity index (χ3n) is 3.10. The van der Waals surface area contributed by atoms with Crippen LogP contribution in [0.15, 0.2) is 24.3 Å². The molecule has 0 radical (unpaired) electrons. The van der Waals surface area contributed by atoms with Gasteiger partial charge in [-0.2, -0.15) is 0 Å². The molecule has 0 aliphatic rings. The molecule has 0 aliphatic carbocycles. The summed E-state index contributed by atoms with van der Waals surface area (Å²) in [4.78, 5) is 12.3. The van der Waals surface area contributed by atoms with Crippen LogP contribution in [-0.4, -0.2) is 33.2 Å². The van der Waals surface area contributed by atoms with Crippen LogP contribution in [0.2, 0.25) is 0 Å².